The van der Waals surface area contributed by atoms with E-state index in [1.165, 1.54) is 4.31 Å². The summed E-state index contributed by atoms with van der Waals surface area (Å²) in [5.41, 5.74) is 1.34. The van der Waals surface area contributed by atoms with Crippen molar-refractivity contribution in [1.82, 2.24) is 10.3 Å². The number of hydrogen-bond acceptors (Lipinski definition) is 5. The predicted octanol–water partition coefficient (Wildman–Crippen LogP) is 3.48. The first kappa shape index (κ1) is 20.3. The molecule has 5 rings (SSSR count). The van der Waals surface area contributed by atoms with E-state index in [4.69, 9.17) is 4.74 Å². The quantitative estimate of drug-likeness (QED) is 0.438. The van der Waals surface area contributed by atoms with Gasteiger partial charge in [0.05, 0.1) is 17.2 Å². The van der Waals surface area contributed by atoms with Crippen LogP contribution in [0.3, 0.4) is 0 Å². The Morgan fingerprint density at radius 3 is 2.59 bits per heavy atom. The van der Waals surface area contributed by atoms with Crippen LogP contribution in [0.2, 0.25) is 0 Å². The number of amides is 1. The van der Waals surface area contributed by atoms with Gasteiger partial charge in [-0.25, -0.2) is 8.42 Å². The fourth-order valence-corrected chi connectivity index (χ4v) is 5.66. The highest BCUT2D eigenvalue weighted by atomic mass is 32.2. The summed E-state index contributed by atoms with van der Waals surface area (Å²) in [5.74, 6) is 0.341. The highest BCUT2D eigenvalue weighted by molar-refractivity contribution is 7.93. The Balaban J connectivity index is 1.18. The van der Waals surface area contributed by atoms with Crippen LogP contribution in [-0.2, 0) is 14.8 Å². The zero-order chi connectivity index (χ0) is 22.1. The summed E-state index contributed by atoms with van der Waals surface area (Å²) in [5, 5.41) is 5.30. The number of aromatic nitrogens is 1. The van der Waals surface area contributed by atoms with E-state index in [0.29, 0.717) is 36.4 Å². The number of para-hydroxylation sites is 1. The minimum Gasteiger partial charge on any atom is -0.491 e. The summed E-state index contributed by atoms with van der Waals surface area (Å²) in [7, 11) is -3.74. The maximum atomic E-state index is 13.0. The largest absolute Gasteiger partial charge is 0.491 e. The zero-order valence-corrected chi connectivity index (χ0v) is 18.0. The van der Waals surface area contributed by atoms with E-state index < -0.39 is 10.0 Å². The second kappa shape index (κ2) is 8.12. The van der Waals surface area contributed by atoms with Gasteiger partial charge in [-0.15, -0.1) is 0 Å². The third kappa shape index (κ3) is 3.52. The SMILES string of the molecule is O=C(CN1c2cccc3cccc(c23)S1(=O)=O)NCCCOc1cccc2cccnc12. The smallest absolute Gasteiger partial charge is 0.265 e. The second-order valence-electron chi connectivity index (χ2n) is 7.53. The summed E-state index contributed by atoms with van der Waals surface area (Å²) < 4.78 is 32.9. The second-order valence-corrected chi connectivity index (χ2v) is 9.36. The molecule has 0 aliphatic carbocycles. The number of hydrogen-bond donors (Lipinski definition) is 1. The Bertz CT molecular complexity index is 1430. The van der Waals surface area contributed by atoms with E-state index in [1.807, 2.05) is 42.5 Å². The lowest BCUT2D eigenvalue weighted by Gasteiger charge is -2.18. The predicted molar refractivity (Wildman–Crippen MR) is 123 cm³/mol. The maximum absolute atomic E-state index is 13.0. The average molecular weight is 448 g/mol. The fourth-order valence-electron chi connectivity index (χ4n) is 3.99. The summed E-state index contributed by atoms with van der Waals surface area (Å²) in [6.07, 6.45) is 2.30. The molecule has 4 aromatic rings. The molecule has 1 aromatic heterocycles. The van der Waals surface area contributed by atoms with E-state index in [9.17, 15) is 13.2 Å². The summed E-state index contributed by atoms with van der Waals surface area (Å²) >= 11 is 0. The molecule has 0 radical (unpaired) electrons. The topological polar surface area (TPSA) is 88.6 Å². The first-order chi connectivity index (χ1) is 15.6. The van der Waals surface area contributed by atoms with E-state index in [0.717, 1.165) is 16.3 Å². The van der Waals surface area contributed by atoms with Crippen molar-refractivity contribution in [2.75, 3.05) is 24.0 Å². The first-order valence-corrected chi connectivity index (χ1v) is 11.8. The van der Waals surface area contributed by atoms with Crippen molar-refractivity contribution in [3.63, 3.8) is 0 Å². The highest BCUT2D eigenvalue weighted by Gasteiger charge is 2.36. The molecule has 32 heavy (non-hydrogen) atoms. The molecular weight excluding hydrogens is 426 g/mol. The molecule has 0 spiro atoms. The van der Waals surface area contributed by atoms with E-state index in [2.05, 4.69) is 10.3 Å². The monoisotopic (exact) mass is 447 g/mol. The normalized spacial score (nSPS) is 14.1. The molecule has 1 aliphatic heterocycles. The Labute approximate surface area is 185 Å². The van der Waals surface area contributed by atoms with Crippen molar-refractivity contribution in [2.24, 2.45) is 0 Å². The molecule has 0 unspecified atom stereocenters. The number of sulfonamides is 1. The van der Waals surface area contributed by atoms with Gasteiger partial charge in [-0.3, -0.25) is 14.1 Å². The number of nitrogens with one attached hydrogen (secondary N) is 1. The molecular formula is C24H21N3O4S. The summed E-state index contributed by atoms with van der Waals surface area (Å²) in [6, 6.07) is 20.2. The number of pyridine rings is 1. The van der Waals surface area contributed by atoms with Gasteiger partial charge in [-0.2, -0.15) is 0 Å². The molecule has 2 heterocycles. The van der Waals surface area contributed by atoms with Gasteiger partial charge in [-0.05, 0) is 36.1 Å². The lowest BCUT2D eigenvalue weighted by molar-refractivity contribution is -0.119. The van der Waals surface area contributed by atoms with Crippen LogP contribution in [0.4, 0.5) is 5.69 Å². The van der Waals surface area contributed by atoms with Crippen LogP contribution in [0.1, 0.15) is 6.42 Å². The summed E-state index contributed by atoms with van der Waals surface area (Å²) in [6.45, 7) is 0.523. The van der Waals surface area contributed by atoms with Gasteiger partial charge in [0.1, 0.15) is 17.8 Å². The number of benzene rings is 3. The third-order valence-electron chi connectivity index (χ3n) is 5.46. The molecule has 162 valence electrons. The van der Waals surface area contributed by atoms with Crippen molar-refractivity contribution in [3.05, 3.63) is 72.9 Å². The molecule has 0 saturated carbocycles. The molecule has 0 bridgehead atoms. The van der Waals surface area contributed by atoms with Crippen molar-refractivity contribution in [3.8, 4) is 5.75 Å². The number of nitrogens with zero attached hydrogens (tertiary/aromatic N) is 2. The lowest BCUT2D eigenvalue weighted by Crippen LogP contribution is -2.39. The molecule has 3 aromatic carbocycles. The number of rotatable bonds is 7. The van der Waals surface area contributed by atoms with Crippen LogP contribution in [0.5, 0.6) is 5.75 Å². The Hall–Kier alpha value is -3.65. The van der Waals surface area contributed by atoms with Crippen LogP contribution < -0.4 is 14.4 Å². The molecule has 0 saturated heterocycles. The van der Waals surface area contributed by atoms with Crippen LogP contribution in [-0.4, -0.2) is 39.0 Å². The van der Waals surface area contributed by atoms with Crippen LogP contribution in [0, 0.1) is 0 Å². The minimum absolute atomic E-state index is 0.246. The Kier molecular flexibility index (Phi) is 5.14. The van der Waals surface area contributed by atoms with Crippen molar-refractivity contribution in [1.29, 1.82) is 0 Å². The highest BCUT2D eigenvalue weighted by Crippen LogP contribution is 2.41. The van der Waals surface area contributed by atoms with Gasteiger partial charge in [0, 0.05) is 23.5 Å². The van der Waals surface area contributed by atoms with Gasteiger partial charge in [-0.1, -0.05) is 42.5 Å². The molecule has 1 amide bonds. The molecule has 8 heteroatoms. The van der Waals surface area contributed by atoms with Gasteiger partial charge in [0.15, 0.2) is 0 Å². The average Bonchev–Trinajstić information content (AvgIpc) is 3.02. The number of ether oxygens (including phenoxy) is 1. The van der Waals surface area contributed by atoms with Crippen molar-refractivity contribution < 1.29 is 17.9 Å². The molecule has 7 nitrogen and oxygen atoms in total. The van der Waals surface area contributed by atoms with Crippen LogP contribution >= 0.6 is 0 Å². The van der Waals surface area contributed by atoms with Gasteiger partial charge >= 0.3 is 0 Å². The zero-order valence-electron chi connectivity index (χ0n) is 17.2. The minimum atomic E-state index is -3.74. The molecule has 0 atom stereocenters. The van der Waals surface area contributed by atoms with Crippen molar-refractivity contribution in [2.45, 2.75) is 11.3 Å². The van der Waals surface area contributed by atoms with Crippen molar-refractivity contribution >= 4 is 43.3 Å². The summed E-state index contributed by atoms with van der Waals surface area (Å²) in [4.78, 5) is 17.1. The number of anilines is 1. The van der Waals surface area contributed by atoms with E-state index >= 15 is 0 Å². The van der Waals surface area contributed by atoms with Gasteiger partial charge < -0.3 is 10.1 Å². The van der Waals surface area contributed by atoms with Gasteiger partial charge in [0.25, 0.3) is 10.0 Å². The maximum Gasteiger partial charge on any atom is 0.265 e. The number of carbonyl (C=O) groups is 1. The Morgan fingerprint density at radius 2 is 1.72 bits per heavy atom. The molecule has 1 aliphatic rings. The third-order valence-corrected chi connectivity index (χ3v) is 7.27. The van der Waals surface area contributed by atoms with E-state index in [1.54, 1.807) is 30.5 Å². The van der Waals surface area contributed by atoms with E-state index in [-0.39, 0.29) is 17.3 Å². The lowest BCUT2D eigenvalue weighted by atomic mass is 10.1. The first-order valence-electron chi connectivity index (χ1n) is 10.3. The molecule has 0 fully saturated rings. The number of carbonyl (C=O) groups excluding carboxylic acids is 1. The standard InChI is InChI=1S/C24H21N3O4S/c28-22(25-14-5-15-31-20-11-2-8-18-9-4-13-26-24(18)20)16-27-19-10-1-6-17-7-3-12-21(23(17)19)32(27,29)30/h1-4,6-13H,5,14-16H2,(H,25,28). The van der Waals surface area contributed by atoms with Crippen LogP contribution in [0.15, 0.2) is 77.8 Å². The Morgan fingerprint density at radius 1 is 0.969 bits per heavy atom. The van der Waals surface area contributed by atoms with Crippen LogP contribution in [0.25, 0.3) is 21.7 Å². The fraction of sp³-hybridized carbons (Fsp3) is 0.167. The van der Waals surface area contributed by atoms with Gasteiger partial charge in [0.2, 0.25) is 5.91 Å². The molecule has 1 N–H and O–H groups in total. The number of fused-ring (bicyclic) bond motifs is 1.